The Hall–Kier alpha value is -2.64. The monoisotopic (exact) mass is 527 g/mol. The van der Waals surface area contributed by atoms with Gasteiger partial charge in [0, 0.05) is 12.5 Å². The molecule has 1 amide bonds. The molecule has 0 fully saturated rings. The van der Waals surface area contributed by atoms with Crippen molar-refractivity contribution in [1.29, 1.82) is 0 Å². The molecule has 37 heavy (non-hydrogen) atoms. The summed E-state index contributed by atoms with van der Waals surface area (Å²) >= 11 is 0. The van der Waals surface area contributed by atoms with Gasteiger partial charge in [-0.15, -0.1) is 0 Å². The minimum absolute atomic E-state index is 0.229. The maximum absolute atomic E-state index is 13.0. The normalized spacial score (nSPS) is 15.5. The van der Waals surface area contributed by atoms with Gasteiger partial charge in [0.2, 0.25) is 0 Å². The number of hydrogen-bond donors (Lipinski definition) is 2. The standard InChI is InChI=1S/C30H45NO5Si/c1-28(2,3)24(21-30(26(32)33,36-37(7)8)20-23-17-13-10-14-18-23)25(19-22-15-11-9-12-16-22)31-27(34)35-29(4,5)6/h9-18,24-25,37H,19-21H2,1-8H3,(H,31,34)(H,32,33)/t24-,25+,30-/m1/s1. The number of nitrogens with one attached hydrogen (secondary N) is 1. The van der Waals surface area contributed by atoms with Crippen LogP contribution in [0.2, 0.25) is 13.1 Å². The molecule has 3 atom stereocenters. The third-order valence-corrected chi connectivity index (χ3v) is 7.25. The van der Waals surface area contributed by atoms with E-state index in [0.717, 1.165) is 11.1 Å². The molecule has 0 aliphatic heterocycles. The van der Waals surface area contributed by atoms with Crippen LogP contribution in [0, 0.1) is 11.3 Å². The minimum atomic E-state index is -1.76. The van der Waals surface area contributed by atoms with E-state index in [1.807, 2.05) is 94.5 Å². The lowest BCUT2D eigenvalue weighted by Gasteiger charge is -2.43. The van der Waals surface area contributed by atoms with Crippen LogP contribution in [0.1, 0.15) is 59.1 Å². The van der Waals surface area contributed by atoms with Gasteiger partial charge in [0.1, 0.15) is 5.60 Å². The second-order valence-electron chi connectivity index (χ2n) is 12.2. The van der Waals surface area contributed by atoms with Gasteiger partial charge in [0.05, 0.1) is 0 Å². The molecule has 204 valence electrons. The Kier molecular flexibility index (Phi) is 10.5. The van der Waals surface area contributed by atoms with Gasteiger partial charge in [-0.1, -0.05) is 81.4 Å². The predicted octanol–water partition coefficient (Wildman–Crippen LogP) is 6.24. The van der Waals surface area contributed by atoms with Crippen LogP contribution in [0.3, 0.4) is 0 Å². The van der Waals surface area contributed by atoms with Crippen molar-refractivity contribution in [2.75, 3.05) is 0 Å². The van der Waals surface area contributed by atoms with Crippen LogP contribution in [0.25, 0.3) is 0 Å². The molecule has 0 aliphatic carbocycles. The van der Waals surface area contributed by atoms with E-state index in [4.69, 9.17) is 9.16 Å². The zero-order valence-electron chi connectivity index (χ0n) is 23.7. The Balaban J connectivity index is 2.55. The summed E-state index contributed by atoms with van der Waals surface area (Å²) in [5, 5.41) is 13.7. The van der Waals surface area contributed by atoms with E-state index >= 15 is 0 Å². The Bertz CT molecular complexity index is 998. The predicted molar refractivity (Wildman–Crippen MR) is 151 cm³/mol. The third-order valence-electron chi connectivity index (χ3n) is 6.33. The van der Waals surface area contributed by atoms with E-state index in [-0.39, 0.29) is 30.2 Å². The molecule has 0 radical (unpaired) electrons. The Labute approximate surface area is 224 Å². The number of carboxylic acids is 1. The molecule has 0 saturated heterocycles. The van der Waals surface area contributed by atoms with Crippen molar-refractivity contribution < 1.29 is 23.9 Å². The van der Waals surface area contributed by atoms with Crippen LogP contribution in [0.4, 0.5) is 4.79 Å². The van der Waals surface area contributed by atoms with Crippen LogP contribution < -0.4 is 5.32 Å². The lowest BCUT2D eigenvalue weighted by Crippen LogP contribution is -2.54. The first-order valence-corrected chi connectivity index (χ1v) is 15.9. The zero-order valence-corrected chi connectivity index (χ0v) is 24.9. The van der Waals surface area contributed by atoms with Crippen LogP contribution in [0.15, 0.2) is 60.7 Å². The van der Waals surface area contributed by atoms with Gasteiger partial charge >= 0.3 is 12.1 Å². The van der Waals surface area contributed by atoms with E-state index in [9.17, 15) is 14.7 Å². The average Bonchev–Trinajstić information content (AvgIpc) is 2.75. The summed E-state index contributed by atoms with van der Waals surface area (Å²) in [6.07, 6.45) is 0.540. The lowest BCUT2D eigenvalue weighted by atomic mass is 9.68. The molecule has 6 nitrogen and oxygen atoms in total. The molecule has 2 N–H and O–H groups in total. The summed E-state index contributed by atoms with van der Waals surface area (Å²) in [5.41, 5.74) is -0.436. The smallest absolute Gasteiger partial charge is 0.407 e. The molecule has 0 spiro atoms. The number of carboxylic acid groups (broad SMARTS) is 1. The van der Waals surface area contributed by atoms with Crippen molar-refractivity contribution >= 4 is 21.1 Å². The SMILES string of the molecule is C[SiH](C)O[C@](Cc1ccccc1)(C[C@H]([C@H](Cc1ccccc1)NC(=O)OC(C)(C)C)C(C)(C)C)C(=O)O. The van der Waals surface area contributed by atoms with Gasteiger partial charge in [-0.3, -0.25) is 0 Å². The van der Waals surface area contributed by atoms with Gasteiger partial charge in [0.25, 0.3) is 0 Å². The number of carbonyl (C=O) groups is 2. The molecule has 2 aromatic rings. The highest BCUT2D eigenvalue weighted by Gasteiger charge is 2.47. The van der Waals surface area contributed by atoms with Crippen molar-refractivity contribution in [2.45, 2.75) is 91.1 Å². The highest BCUT2D eigenvalue weighted by Crippen LogP contribution is 2.40. The Morgan fingerprint density at radius 3 is 1.84 bits per heavy atom. The van der Waals surface area contributed by atoms with Crippen molar-refractivity contribution in [2.24, 2.45) is 11.3 Å². The maximum atomic E-state index is 13.0. The fourth-order valence-corrected chi connectivity index (χ4v) is 5.96. The van der Waals surface area contributed by atoms with Crippen molar-refractivity contribution in [1.82, 2.24) is 5.32 Å². The Morgan fingerprint density at radius 2 is 1.41 bits per heavy atom. The van der Waals surface area contributed by atoms with E-state index < -0.39 is 32.3 Å². The number of hydrogen-bond acceptors (Lipinski definition) is 4. The largest absolute Gasteiger partial charge is 0.479 e. The summed E-state index contributed by atoms with van der Waals surface area (Å²) in [6, 6.07) is 19.2. The number of benzene rings is 2. The number of carbonyl (C=O) groups excluding carboxylic acids is 1. The fourth-order valence-electron chi connectivity index (χ4n) is 4.78. The maximum Gasteiger partial charge on any atom is 0.407 e. The number of rotatable bonds is 11. The second-order valence-corrected chi connectivity index (χ2v) is 14.6. The number of ether oxygens (including phenoxy) is 1. The van der Waals surface area contributed by atoms with Gasteiger partial charge in [0.15, 0.2) is 14.6 Å². The molecule has 0 aliphatic rings. The lowest BCUT2D eigenvalue weighted by molar-refractivity contribution is -0.158. The summed E-state index contributed by atoms with van der Waals surface area (Å²) in [7, 11) is -1.76. The minimum Gasteiger partial charge on any atom is -0.479 e. The quantitative estimate of drug-likeness (QED) is 0.338. The molecule has 0 unspecified atom stereocenters. The van der Waals surface area contributed by atoms with E-state index in [1.54, 1.807) is 0 Å². The van der Waals surface area contributed by atoms with Crippen LogP contribution in [-0.2, 0) is 26.8 Å². The average molecular weight is 528 g/mol. The molecule has 0 aromatic heterocycles. The molecule has 2 aromatic carbocycles. The van der Waals surface area contributed by atoms with Gasteiger partial charge in [-0.2, -0.15) is 0 Å². The molecular weight excluding hydrogens is 482 g/mol. The second kappa shape index (κ2) is 12.7. The molecule has 2 rings (SSSR count). The first-order valence-electron chi connectivity index (χ1n) is 13.1. The van der Waals surface area contributed by atoms with Crippen molar-refractivity contribution in [3.8, 4) is 0 Å². The van der Waals surface area contributed by atoms with Crippen molar-refractivity contribution in [3.63, 3.8) is 0 Å². The summed E-state index contributed by atoms with van der Waals surface area (Å²) in [6.45, 7) is 15.8. The summed E-state index contributed by atoms with van der Waals surface area (Å²) < 4.78 is 12.0. The Morgan fingerprint density at radius 1 is 0.892 bits per heavy atom. The van der Waals surface area contributed by atoms with Crippen LogP contribution in [0.5, 0.6) is 0 Å². The number of aliphatic carboxylic acids is 1. The highest BCUT2D eigenvalue weighted by atomic mass is 28.3. The molecule has 0 bridgehead atoms. The number of amides is 1. The van der Waals surface area contributed by atoms with Crippen molar-refractivity contribution in [3.05, 3.63) is 71.8 Å². The number of alkyl carbamates (subject to hydrolysis) is 1. The molecule has 7 heteroatoms. The van der Waals surface area contributed by atoms with E-state index in [2.05, 4.69) is 26.1 Å². The third kappa shape index (κ3) is 9.97. The highest BCUT2D eigenvalue weighted by molar-refractivity contribution is 6.48. The van der Waals surface area contributed by atoms with Gasteiger partial charge in [-0.25, -0.2) is 9.59 Å². The summed E-state index contributed by atoms with van der Waals surface area (Å²) in [4.78, 5) is 26.0. The first-order chi connectivity index (χ1) is 17.1. The first kappa shape index (κ1) is 30.6. The molecule has 0 heterocycles. The topological polar surface area (TPSA) is 84.9 Å². The zero-order chi connectivity index (χ0) is 27.9. The van der Waals surface area contributed by atoms with Crippen LogP contribution in [-0.4, -0.2) is 43.5 Å². The van der Waals surface area contributed by atoms with Gasteiger partial charge in [-0.05, 0) is 69.2 Å². The van der Waals surface area contributed by atoms with E-state index in [1.165, 1.54) is 0 Å². The summed E-state index contributed by atoms with van der Waals surface area (Å²) in [5.74, 6) is -1.20. The molecular formula is C30H45NO5Si. The van der Waals surface area contributed by atoms with Crippen LogP contribution >= 0.6 is 0 Å². The fraction of sp³-hybridized carbons (Fsp3) is 0.533. The van der Waals surface area contributed by atoms with Gasteiger partial charge < -0.3 is 19.6 Å². The van der Waals surface area contributed by atoms with E-state index in [0.29, 0.717) is 6.42 Å². The molecule has 0 saturated carbocycles.